The second-order valence-electron chi connectivity index (χ2n) is 3.83. The van der Waals surface area contributed by atoms with Crippen molar-refractivity contribution in [2.75, 3.05) is 6.54 Å². The second-order valence-corrected chi connectivity index (χ2v) is 4.96. The average Bonchev–Trinajstić information content (AvgIpc) is 2.93. The lowest BCUT2D eigenvalue weighted by atomic mass is 10.1. The number of hydrogen-bond acceptors (Lipinski definition) is 3. The van der Waals surface area contributed by atoms with E-state index in [1.165, 1.54) is 0 Å². The molecule has 0 aromatic carbocycles. The summed E-state index contributed by atoms with van der Waals surface area (Å²) in [6, 6.07) is 1.90. The van der Waals surface area contributed by atoms with Gasteiger partial charge in [0.1, 0.15) is 0 Å². The first-order chi connectivity index (χ1) is 8.69. The van der Waals surface area contributed by atoms with Crippen molar-refractivity contribution in [2.24, 2.45) is 0 Å². The highest BCUT2D eigenvalue weighted by atomic mass is 79.9. The van der Waals surface area contributed by atoms with E-state index in [9.17, 15) is 0 Å². The normalized spacial score (nSPS) is 12.9. The van der Waals surface area contributed by atoms with Gasteiger partial charge in [-0.25, -0.2) is 0 Å². The van der Waals surface area contributed by atoms with Gasteiger partial charge in [-0.05, 0) is 35.5 Å². The van der Waals surface area contributed by atoms with Crippen LogP contribution in [0.25, 0.3) is 0 Å². The highest BCUT2D eigenvalue weighted by Crippen LogP contribution is 2.33. The van der Waals surface area contributed by atoms with Gasteiger partial charge in [0.25, 0.3) is 0 Å². The van der Waals surface area contributed by atoms with Gasteiger partial charge in [0.15, 0.2) is 4.67 Å². The van der Waals surface area contributed by atoms with Crippen LogP contribution in [0.4, 0.5) is 0 Å². The van der Waals surface area contributed by atoms with E-state index in [2.05, 4.69) is 33.3 Å². The first-order valence-corrected chi connectivity index (χ1v) is 7.03. The van der Waals surface area contributed by atoms with E-state index < -0.39 is 0 Å². The van der Waals surface area contributed by atoms with E-state index in [1.54, 1.807) is 12.5 Å². The van der Waals surface area contributed by atoms with Crippen LogP contribution in [0.3, 0.4) is 0 Å². The molecule has 2 rings (SSSR count). The summed E-state index contributed by atoms with van der Waals surface area (Å²) in [5.74, 6) is 0. The number of halogens is 2. The summed E-state index contributed by atoms with van der Waals surface area (Å²) in [5.41, 5.74) is 1.98. The summed E-state index contributed by atoms with van der Waals surface area (Å²) in [6.45, 7) is 5.70. The van der Waals surface area contributed by atoms with E-state index in [4.69, 9.17) is 16.0 Å². The molecular weight excluding hydrogens is 318 g/mol. The van der Waals surface area contributed by atoms with Crippen LogP contribution in [-0.2, 0) is 6.54 Å². The van der Waals surface area contributed by atoms with Crippen molar-refractivity contribution in [2.45, 2.75) is 26.4 Å². The van der Waals surface area contributed by atoms with Crippen LogP contribution >= 0.6 is 27.5 Å². The van der Waals surface area contributed by atoms with Crippen molar-refractivity contribution in [1.29, 1.82) is 0 Å². The highest BCUT2D eigenvalue weighted by molar-refractivity contribution is 9.10. The van der Waals surface area contributed by atoms with Crippen LogP contribution in [0.1, 0.15) is 31.1 Å². The fraction of sp³-hybridized carbons (Fsp3) is 0.417. The Morgan fingerprint density at radius 1 is 1.56 bits per heavy atom. The van der Waals surface area contributed by atoms with Gasteiger partial charge in [0, 0.05) is 12.1 Å². The minimum absolute atomic E-state index is 0.0296. The predicted octanol–water partition coefficient (Wildman–Crippen LogP) is 3.61. The molecule has 0 saturated heterocycles. The quantitative estimate of drug-likeness (QED) is 0.909. The summed E-state index contributed by atoms with van der Waals surface area (Å²) < 4.78 is 7.92. The zero-order chi connectivity index (χ0) is 13.1. The Balaban J connectivity index is 2.47. The fourth-order valence-electron chi connectivity index (χ4n) is 1.98. The summed E-state index contributed by atoms with van der Waals surface area (Å²) in [5, 5.41) is 8.35. The molecule has 0 amide bonds. The van der Waals surface area contributed by atoms with Crippen molar-refractivity contribution in [3.05, 3.63) is 39.5 Å². The summed E-state index contributed by atoms with van der Waals surface area (Å²) >= 11 is 9.67. The minimum atomic E-state index is -0.0296. The maximum absolute atomic E-state index is 6.25. The van der Waals surface area contributed by atoms with Gasteiger partial charge in [-0.15, -0.1) is 0 Å². The zero-order valence-corrected chi connectivity index (χ0v) is 12.6. The van der Waals surface area contributed by atoms with Gasteiger partial charge in [-0.3, -0.25) is 4.68 Å². The number of aryl methyl sites for hydroxylation is 1. The maximum Gasteiger partial charge on any atom is 0.174 e. The number of nitrogens with one attached hydrogen (secondary N) is 1. The van der Waals surface area contributed by atoms with Crippen LogP contribution in [-0.4, -0.2) is 16.3 Å². The number of hydrogen-bond donors (Lipinski definition) is 1. The molecule has 0 spiro atoms. The van der Waals surface area contributed by atoms with Crippen LogP contribution < -0.4 is 5.32 Å². The van der Waals surface area contributed by atoms with E-state index in [0.717, 1.165) is 24.3 Å². The van der Waals surface area contributed by atoms with E-state index >= 15 is 0 Å². The molecule has 1 atom stereocenters. The third-order valence-corrected chi connectivity index (χ3v) is 3.71. The van der Waals surface area contributed by atoms with Crippen molar-refractivity contribution in [3.63, 3.8) is 0 Å². The molecule has 98 valence electrons. The Kier molecular flexibility index (Phi) is 4.48. The standard InChI is InChI=1S/C12H15BrClN3O/c1-3-15-10(8-5-6-18-12(8)13)11-9(14)7-16-17(11)4-2/h5-7,10,15H,3-4H2,1-2H3. The molecule has 0 fully saturated rings. The first-order valence-electron chi connectivity index (χ1n) is 5.86. The Bertz CT molecular complexity index is 523. The van der Waals surface area contributed by atoms with Crippen LogP contribution in [0.5, 0.6) is 0 Å². The average molecular weight is 333 g/mol. The number of nitrogens with zero attached hydrogens (tertiary/aromatic N) is 2. The molecule has 2 aromatic rings. The van der Waals surface area contributed by atoms with E-state index in [1.807, 2.05) is 17.7 Å². The SMILES string of the molecule is CCNC(c1ccoc1Br)c1c(Cl)cnn1CC. The fourth-order valence-corrected chi connectivity index (χ4v) is 2.70. The lowest BCUT2D eigenvalue weighted by Crippen LogP contribution is -2.25. The third-order valence-electron chi connectivity index (χ3n) is 2.77. The lowest BCUT2D eigenvalue weighted by molar-refractivity contribution is 0.510. The van der Waals surface area contributed by atoms with Crippen molar-refractivity contribution < 1.29 is 4.42 Å². The largest absolute Gasteiger partial charge is 0.457 e. The van der Waals surface area contributed by atoms with Crippen LogP contribution in [0.15, 0.2) is 27.6 Å². The van der Waals surface area contributed by atoms with Gasteiger partial charge in [0.05, 0.1) is 29.2 Å². The number of aromatic nitrogens is 2. The molecule has 1 unspecified atom stereocenters. The Labute approximate surface area is 119 Å². The first kappa shape index (κ1) is 13.6. The van der Waals surface area contributed by atoms with Gasteiger partial charge in [-0.1, -0.05) is 18.5 Å². The van der Waals surface area contributed by atoms with Crippen LogP contribution in [0.2, 0.25) is 5.02 Å². The molecule has 2 heterocycles. The van der Waals surface area contributed by atoms with E-state index in [-0.39, 0.29) is 6.04 Å². The second kappa shape index (κ2) is 5.91. The highest BCUT2D eigenvalue weighted by Gasteiger charge is 2.24. The molecular formula is C12H15BrClN3O. The van der Waals surface area contributed by atoms with Gasteiger partial charge in [0.2, 0.25) is 0 Å². The molecule has 0 aliphatic rings. The van der Waals surface area contributed by atoms with Crippen molar-refractivity contribution >= 4 is 27.5 Å². The maximum atomic E-state index is 6.25. The molecule has 0 aliphatic heterocycles. The lowest BCUT2D eigenvalue weighted by Gasteiger charge is -2.19. The molecule has 6 heteroatoms. The van der Waals surface area contributed by atoms with Crippen LogP contribution in [0, 0.1) is 0 Å². The third kappa shape index (κ3) is 2.48. The van der Waals surface area contributed by atoms with Gasteiger partial charge in [-0.2, -0.15) is 5.10 Å². The number of furan rings is 1. The zero-order valence-electron chi connectivity index (χ0n) is 10.3. The summed E-state index contributed by atoms with van der Waals surface area (Å²) in [6.07, 6.45) is 3.34. The smallest absolute Gasteiger partial charge is 0.174 e. The van der Waals surface area contributed by atoms with Crippen molar-refractivity contribution in [1.82, 2.24) is 15.1 Å². The predicted molar refractivity (Wildman–Crippen MR) is 74.8 cm³/mol. The minimum Gasteiger partial charge on any atom is -0.457 e. The number of rotatable bonds is 5. The summed E-state index contributed by atoms with van der Waals surface area (Å²) in [7, 11) is 0. The molecule has 4 nitrogen and oxygen atoms in total. The molecule has 0 radical (unpaired) electrons. The molecule has 0 bridgehead atoms. The Morgan fingerprint density at radius 3 is 2.89 bits per heavy atom. The molecule has 0 aliphatic carbocycles. The monoisotopic (exact) mass is 331 g/mol. The molecule has 0 saturated carbocycles. The molecule has 18 heavy (non-hydrogen) atoms. The van der Waals surface area contributed by atoms with Gasteiger partial charge >= 0.3 is 0 Å². The van der Waals surface area contributed by atoms with Gasteiger partial charge < -0.3 is 9.73 Å². The topological polar surface area (TPSA) is 43.0 Å². The Morgan fingerprint density at radius 2 is 2.33 bits per heavy atom. The Hall–Kier alpha value is -0.780. The van der Waals surface area contributed by atoms with E-state index in [0.29, 0.717) is 9.69 Å². The van der Waals surface area contributed by atoms with Crippen molar-refractivity contribution in [3.8, 4) is 0 Å². The molecule has 1 N–H and O–H groups in total. The molecule has 2 aromatic heterocycles. The summed E-state index contributed by atoms with van der Waals surface area (Å²) in [4.78, 5) is 0.